The zero-order chi connectivity index (χ0) is 13.5. The first-order valence-corrected chi connectivity index (χ1v) is 7.90. The van der Waals surface area contributed by atoms with E-state index in [0.717, 1.165) is 12.2 Å². The molecule has 3 unspecified atom stereocenters. The van der Waals surface area contributed by atoms with Crippen molar-refractivity contribution in [3.05, 3.63) is 58.3 Å². The number of methoxy groups -OCH3 is 1. The molecule has 4 rings (SSSR count). The third-order valence-corrected chi connectivity index (χ3v) is 5.38. The van der Waals surface area contributed by atoms with Crippen LogP contribution in [0.15, 0.2) is 47.9 Å². The molecular weight excluding hydrogens is 266 g/mol. The van der Waals surface area contributed by atoms with Gasteiger partial charge in [0.05, 0.1) is 18.8 Å². The molecule has 1 N–H and O–H groups in total. The van der Waals surface area contributed by atoms with Crippen LogP contribution in [0.4, 0.5) is 5.69 Å². The second-order valence-corrected chi connectivity index (χ2v) is 6.39. The van der Waals surface area contributed by atoms with Crippen molar-refractivity contribution in [3.63, 3.8) is 0 Å². The average molecular weight is 283 g/mol. The zero-order valence-corrected chi connectivity index (χ0v) is 12.2. The molecule has 1 aliphatic heterocycles. The number of thiophene rings is 1. The van der Waals surface area contributed by atoms with Gasteiger partial charge in [-0.15, -0.1) is 11.3 Å². The van der Waals surface area contributed by atoms with Gasteiger partial charge in [-0.3, -0.25) is 0 Å². The number of fused-ring (bicyclic) bond motifs is 3. The van der Waals surface area contributed by atoms with Crippen LogP contribution >= 0.6 is 11.3 Å². The van der Waals surface area contributed by atoms with Crippen LogP contribution in [0.1, 0.15) is 28.8 Å². The van der Waals surface area contributed by atoms with Gasteiger partial charge in [0.15, 0.2) is 0 Å². The SMILES string of the molecule is COc1cccc2c1NC(c1cccs1)C1CC=CC21. The molecule has 1 aliphatic carbocycles. The molecule has 2 aromatic rings. The van der Waals surface area contributed by atoms with E-state index >= 15 is 0 Å². The smallest absolute Gasteiger partial charge is 0.142 e. The summed E-state index contributed by atoms with van der Waals surface area (Å²) in [5.74, 6) is 2.07. The van der Waals surface area contributed by atoms with Gasteiger partial charge in [-0.2, -0.15) is 0 Å². The molecule has 102 valence electrons. The van der Waals surface area contributed by atoms with E-state index in [0.29, 0.717) is 17.9 Å². The number of nitrogens with one attached hydrogen (secondary N) is 1. The summed E-state index contributed by atoms with van der Waals surface area (Å²) in [7, 11) is 1.74. The van der Waals surface area contributed by atoms with E-state index in [-0.39, 0.29) is 0 Å². The maximum atomic E-state index is 5.54. The molecule has 0 saturated carbocycles. The van der Waals surface area contributed by atoms with Crippen LogP contribution in [0.3, 0.4) is 0 Å². The predicted molar refractivity (Wildman–Crippen MR) is 83.7 cm³/mol. The highest BCUT2D eigenvalue weighted by molar-refractivity contribution is 7.10. The summed E-state index contributed by atoms with van der Waals surface area (Å²) in [5.41, 5.74) is 2.54. The Hall–Kier alpha value is -1.74. The normalized spacial score (nSPS) is 26.8. The molecule has 1 aromatic heterocycles. The summed E-state index contributed by atoms with van der Waals surface area (Å²) in [6.07, 6.45) is 5.84. The number of rotatable bonds is 2. The third kappa shape index (κ3) is 1.70. The van der Waals surface area contributed by atoms with Crippen molar-refractivity contribution < 1.29 is 4.74 Å². The van der Waals surface area contributed by atoms with Crippen LogP contribution < -0.4 is 10.1 Å². The molecule has 1 aromatic carbocycles. The maximum Gasteiger partial charge on any atom is 0.142 e. The van der Waals surface area contributed by atoms with Crippen LogP contribution in [0, 0.1) is 5.92 Å². The molecule has 0 spiro atoms. The van der Waals surface area contributed by atoms with Crippen molar-refractivity contribution in [1.29, 1.82) is 0 Å². The molecule has 0 bridgehead atoms. The maximum absolute atomic E-state index is 5.54. The molecule has 0 amide bonds. The molecule has 3 atom stereocenters. The lowest BCUT2D eigenvalue weighted by molar-refractivity contribution is 0.399. The standard InChI is InChI=1S/C17H17NOS/c1-19-14-8-3-7-12-11-5-2-6-13(11)17(18-16(12)14)15-9-4-10-20-15/h2-5,7-11,13,17-18H,6H2,1H3. The van der Waals surface area contributed by atoms with E-state index in [4.69, 9.17) is 4.74 Å². The molecule has 2 aliphatic rings. The monoisotopic (exact) mass is 283 g/mol. The quantitative estimate of drug-likeness (QED) is 0.814. The first-order chi connectivity index (χ1) is 9.88. The Morgan fingerprint density at radius 2 is 2.20 bits per heavy atom. The highest BCUT2D eigenvalue weighted by Crippen LogP contribution is 2.52. The van der Waals surface area contributed by atoms with Crippen molar-refractivity contribution in [2.75, 3.05) is 12.4 Å². The van der Waals surface area contributed by atoms with Crippen molar-refractivity contribution >= 4 is 17.0 Å². The second-order valence-electron chi connectivity index (χ2n) is 5.42. The highest BCUT2D eigenvalue weighted by atomic mass is 32.1. The molecule has 0 fully saturated rings. The Morgan fingerprint density at radius 1 is 1.25 bits per heavy atom. The van der Waals surface area contributed by atoms with Gasteiger partial charge < -0.3 is 10.1 Å². The van der Waals surface area contributed by atoms with Gasteiger partial charge in [0.25, 0.3) is 0 Å². The Balaban J connectivity index is 1.84. The first kappa shape index (κ1) is 12.0. The van der Waals surface area contributed by atoms with Gasteiger partial charge in [0, 0.05) is 10.8 Å². The topological polar surface area (TPSA) is 21.3 Å². The second kappa shape index (κ2) is 4.67. The summed E-state index contributed by atoms with van der Waals surface area (Å²) < 4.78 is 5.54. The number of para-hydroxylation sites is 1. The van der Waals surface area contributed by atoms with E-state index in [2.05, 4.69) is 47.1 Å². The van der Waals surface area contributed by atoms with E-state index in [1.807, 2.05) is 17.4 Å². The average Bonchev–Trinajstić information content (AvgIpc) is 3.16. The largest absolute Gasteiger partial charge is 0.495 e. The molecule has 0 saturated heterocycles. The fourth-order valence-corrected chi connectivity index (χ4v) is 4.36. The number of hydrogen-bond donors (Lipinski definition) is 1. The first-order valence-electron chi connectivity index (χ1n) is 7.02. The van der Waals surface area contributed by atoms with E-state index in [1.54, 1.807) is 7.11 Å². The molecule has 20 heavy (non-hydrogen) atoms. The molecule has 2 heterocycles. The number of anilines is 1. The minimum atomic E-state index is 0.388. The van der Waals surface area contributed by atoms with Gasteiger partial charge in [-0.25, -0.2) is 0 Å². The Labute approximate surface area is 123 Å². The summed E-state index contributed by atoms with van der Waals surface area (Å²) in [5, 5.41) is 5.89. The Morgan fingerprint density at radius 3 is 3.00 bits per heavy atom. The lowest BCUT2D eigenvalue weighted by atomic mass is 9.79. The molecular formula is C17H17NOS. The summed E-state index contributed by atoms with van der Waals surface area (Å²) in [6.45, 7) is 0. The van der Waals surface area contributed by atoms with Gasteiger partial charge in [0.1, 0.15) is 5.75 Å². The van der Waals surface area contributed by atoms with Crippen LogP contribution in [0.25, 0.3) is 0 Å². The van der Waals surface area contributed by atoms with E-state index in [9.17, 15) is 0 Å². The lowest BCUT2D eigenvalue weighted by Crippen LogP contribution is -2.28. The molecule has 3 heteroatoms. The van der Waals surface area contributed by atoms with Crippen molar-refractivity contribution in [2.45, 2.75) is 18.4 Å². The third-order valence-electron chi connectivity index (χ3n) is 4.43. The minimum Gasteiger partial charge on any atom is -0.495 e. The van der Waals surface area contributed by atoms with Crippen LogP contribution in [-0.2, 0) is 0 Å². The minimum absolute atomic E-state index is 0.388. The molecule has 0 radical (unpaired) electrons. The Kier molecular flexibility index (Phi) is 2.81. The van der Waals surface area contributed by atoms with E-state index < -0.39 is 0 Å². The summed E-state index contributed by atoms with van der Waals surface area (Å²) in [4.78, 5) is 1.42. The molecule has 2 nitrogen and oxygen atoms in total. The zero-order valence-electron chi connectivity index (χ0n) is 11.4. The number of ether oxygens (including phenoxy) is 1. The van der Waals surface area contributed by atoms with Crippen LogP contribution in [-0.4, -0.2) is 7.11 Å². The van der Waals surface area contributed by atoms with Crippen LogP contribution in [0.5, 0.6) is 5.75 Å². The highest BCUT2D eigenvalue weighted by Gasteiger charge is 2.39. The van der Waals surface area contributed by atoms with Gasteiger partial charge >= 0.3 is 0 Å². The van der Waals surface area contributed by atoms with Crippen molar-refractivity contribution in [3.8, 4) is 5.75 Å². The predicted octanol–water partition coefficient (Wildman–Crippen LogP) is 4.58. The summed E-state index contributed by atoms with van der Waals surface area (Å²) >= 11 is 1.84. The van der Waals surface area contributed by atoms with Gasteiger partial charge in [-0.05, 0) is 35.4 Å². The Bertz CT molecular complexity index is 647. The van der Waals surface area contributed by atoms with Crippen molar-refractivity contribution in [1.82, 2.24) is 0 Å². The fraction of sp³-hybridized carbons (Fsp3) is 0.294. The lowest BCUT2D eigenvalue weighted by Gasteiger charge is -2.37. The van der Waals surface area contributed by atoms with Gasteiger partial charge in [-0.1, -0.05) is 30.4 Å². The number of hydrogen-bond acceptors (Lipinski definition) is 3. The van der Waals surface area contributed by atoms with E-state index in [1.165, 1.54) is 16.1 Å². The number of allylic oxidation sites excluding steroid dienone is 2. The van der Waals surface area contributed by atoms with Gasteiger partial charge in [0.2, 0.25) is 0 Å². The van der Waals surface area contributed by atoms with Crippen molar-refractivity contribution in [2.24, 2.45) is 5.92 Å². The summed E-state index contributed by atoms with van der Waals surface area (Å²) in [6, 6.07) is 11.1. The number of benzene rings is 1. The van der Waals surface area contributed by atoms with Crippen LogP contribution in [0.2, 0.25) is 0 Å². The fourth-order valence-electron chi connectivity index (χ4n) is 3.51.